The molecule has 0 aliphatic rings. The van der Waals surface area contributed by atoms with Crippen molar-refractivity contribution in [3.8, 4) is 5.75 Å². The Kier molecular flexibility index (Phi) is 5.78. The van der Waals surface area contributed by atoms with Crippen molar-refractivity contribution in [3.63, 3.8) is 0 Å². The van der Waals surface area contributed by atoms with E-state index in [1.807, 2.05) is 0 Å². The molecule has 0 bridgehead atoms. The molecule has 0 saturated heterocycles. The molecule has 0 aliphatic heterocycles. The van der Waals surface area contributed by atoms with Gasteiger partial charge in [-0.1, -0.05) is 51.1 Å². The van der Waals surface area contributed by atoms with Crippen LogP contribution in [-0.4, -0.2) is 17.0 Å². The van der Waals surface area contributed by atoms with Crippen LogP contribution in [0.5, 0.6) is 5.75 Å². The molecule has 2 aromatic carbocycles. The maximum atomic E-state index is 14.4. The molecule has 27 heavy (non-hydrogen) atoms. The van der Waals surface area contributed by atoms with Gasteiger partial charge in [0.1, 0.15) is 18.0 Å². The van der Waals surface area contributed by atoms with E-state index in [0.29, 0.717) is 5.56 Å². The fraction of sp³-hybridized carbons (Fsp3) is 0.263. The average Bonchev–Trinajstić information content (AvgIpc) is 2.58. The van der Waals surface area contributed by atoms with Gasteiger partial charge in [0.15, 0.2) is 23.2 Å². The molecule has 8 heteroatoms. The number of hydrogen-bond acceptors (Lipinski definition) is 3. The fourth-order valence-corrected chi connectivity index (χ4v) is 2.45. The number of phenols is 1. The van der Waals surface area contributed by atoms with E-state index in [-0.39, 0.29) is 6.61 Å². The molecule has 5 nitrogen and oxygen atoms in total. The first kappa shape index (κ1) is 20.3. The number of aliphatic imine (C=N–C) groups is 1. The topological polar surface area (TPSA) is 84.9 Å². The fourth-order valence-electron chi connectivity index (χ4n) is 2.45. The Bertz CT molecular complexity index is 862. The predicted molar refractivity (Wildman–Crippen MR) is 94.0 cm³/mol. The van der Waals surface area contributed by atoms with Crippen LogP contribution in [0.3, 0.4) is 0 Å². The Balaban J connectivity index is 2.34. The zero-order valence-electron chi connectivity index (χ0n) is 15.0. The zero-order chi connectivity index (χ0) is 20.4. The number of benzene rings is 2. The van der Waals surface area contributed by atoms with E-state index < -0.39 is 51.7 Å². The van der Waals surface area contributed by atoms with Crippen molar-refractivity contribution in [1.82, 2.24) is 0 Å². The van der Waals surface area contributed by atoms with Crippen molar-refractivity contribution in [1.29, 1.82) is 0 Å². The summed E-state index contributed by atoms with van der Waals surface area (Å²) in [6, 6.07) is 8.63. The molecule has 0 aromatic heterocycles. The van der Waals surface area contributed by atoms with Crippen LogP contribution in [0.25, 0.3) is 0 Å². The molecular weight excluding hydrogens is 361 g/mol. The molecule has 0 radical (unpaired) electrons. The third kappa shape index (κ3) is 4.39. The number of rotatable bonds is 3. The molecule has 0 aliphatic carbocycles. The number of amidine groups is 1. The Morgan fingerprint density at radius 2 is 1.70 bits per heavy atom. The van der Waals surface area contributed by atoms with E-state index in [4.69, 9.17) is 10.5 Å². The number of halogens is 3. The van der Waals surface area contributed by atoms with Gasteiger partial charge >= 0.3 is 6.09 Å². The monoisotopic (exact) mass is 380 g/mol. The highest BCUT2D eigenvalue weighted by molar-refractivity contribution is 6.05. The lowest BCUT2D eigenvalue weighted by Crippen LogP contribution is -2.23. The van der Waals surface area contributed by atoms with Crippen molar-refractivity contribution in [2.75, 3.05) is 0 Å². The second-order valence-corrected chi connectivity index (χ2v) is 6.83. The van der Waals surface area contributed by atoms with Crippen molar-refractivity contribution in [2.24, 2.45) is 10.7 Å². The number of phenolic OH excluding ortho intramolecular Hbond substituents is 1. The van der Waals surface area contributed by atoms with Crippen LogP contribution in [0.4, 0.5) is 18.0 Å². The van der Waals surface area contributed by atoms with Crippen LogP contribution in [0.1, 0.15) is 37.5 Å². The molecule has 0 heterocycles. The summed E-state index contributed by atoms with van der Waals surface area (Å²) in [5.41, 5.74) is 3.36. The highest BCUT2D eigenvalue weighted by Gasteiger charge is 2.32. The first-order chi connectivity index (χ1) is 12.5. The van der Waals surface area contributed by atoms with E-state index in [9.17, 15) is 23.1 Å². The first-order valence-corrected chi connectivity index (χ1v) is 7.99. The molecule has 0 atom stereocenters. The van der Waals surface area contributed by atoms with Crippen LogP contribution >= 0.6 is 0 Å². The number of carbonyl (C=O) groups is 1. The second-order valence-electron chi connectivity index (χ2n) is 6.83. The van der Waals surface area contributed by atoms with Crippen LogP contribution in [-0.2, 0) is 16.8 Å². The van der Waals surface area contributed by atoms with Crippen molar-refractivity contribution in [2.45, 2.75) is 32.8 Å². The van der Waals surface area contributed by atoms with Gasteiger partial charge in [-0.15, -0.1) is 0 Å². The van der Waals surface area contributed by atoms with Crippen molar-refractivity contribution < 1.29 is 27.8 Å². The Morgan fingerprint density at radius 1 is 1.11 bits per heavy atom. The summed E-state index contributed by atoms with van der Waals surface area (Å²) in [4.78, 5) is 15.0. The summed E-state index contributed by atoms with van der Waals surface area (Å²) in [5.74, 6) is -6.61. The smallest absolute Gasteiger partial charge is 0.435 e. The number of ether oxygens (including phenoxy) is 1. The number of carbonyl (C=O) groups excluding carboxylic acids is 1. The van der Waals surface area contributed by atoms with E-state index in [1.54, 1.807) is 30.3 Å². The number of amides is 1. The van der Waals surface area contributed by atoms with Gasteiger partial charge < -0.3 is 15.6 Å². The Morgan fingerprint density at radius 3 is 2.26 bits per heavy atom. The minimum atomic E-state index is -1.60. The second kappa shape index (κ2) is 7.69. The molecule has 2 rings (SSSR count). The zero-order valence-corrected chi connectivity index (χ0v) is 15.0. The molecule has 1 amide bonds. The van der Waals surface area contributed by atoms with E-state index >= 15 is 0 Å². The van der Waals surface area contributed by atoms with Crippen LogP contribution in [0.15, 0.2) is 35.3 Å². The first-order valence-electron chi connectivity index (χ1n) is 7.99. The molecule has 0 saturated carbocycles. The van der Waals surface area contributed by atoms with Gasteiger partial charge in [0.2, 0.25) is 0 Å². The summed E-state index contributed by atoms with van der Waals surface area (Å²) < 4.78 is 47.9. The molecule has 0 unspecified atom stereocenters. The highest BCUT2D eigenvalue weighted by Crippen LogP contribution is 2.36. The van der Waals surface area contributed by atoms with E-state index in [1.165, 1.54) is 20.8 Å². The summed E-state index contributed by atoms with van der Waals surface area (Å²) in [7, 11) is 0. The standard InChI is InChI=1S/C19H19F3N2O3/c1-19(2,3)12-14(21)13(20)11(16(25)15(12)22)17(23)24-18(26)27-9-10-7-5-4-6-8-10/h4-8,25H,9H2,1-3H3,(H2,23,24,26). The van der Waals surface area contributed by atoms with Gasteiger partial charge in [0.05, 0.1) is 0 Å². The van der Waals surface area contributed by atoms with E-state index in [0.717, 1.165) is 0 Å². The maximum Gasteiger partial charge on any atom is 0.435 e. The molecule has 0 fully saturated rings. The number of aromatic hydroxyl groups is 1. The van der Waals surface area contributed by atoms with Crippen molar-refractivity contribution in [3.05, 3.63) is 64.5 Å². The van der Waals surface area contributed by atoms with Crippen LogP contribution in [0, 0.1) is 17.5 Å². The predicted octanol–water partition coefficient (Wildman–Crippen LogP) is 4.15. The maximum absolute atomic E-state index is 14.4. The Labute approximate surface area is 154 Å². The third-order valence-corrected chi connectivity index (χ3v) is 3.72. The minimum absolute atomic E-state index is 0.128. The van der Waals surface area contributed by atoms with Gasteiger partial charge in [-0.3, -0.25) is 0 Å². The molecule has 144 valence electrons. The van der Waals surface area contributed by atoms with Gasteiger partial charge in [-0.05, 0) is 11.0 Å². The summed E-state index contributed by atoms with van der Waals surface area (Å²) >= 11 is 0. The summed E-state index contributed by atoms with van der Waals surface area (Å²) in [6.45, 7) is 4.22. The number of nitrogens with two attached hydrogens (primary N) is 1. The van der Waals surface area contributed by atoms with Crippen LogP contribution in [0.2, 0.25) is 0 Å². The van der Waals surface area contributed by atoms with Gasteiger partial charge in [-0.2, -0.15) is 4.99 Å². The lowest BCUT2D eigenvalue weighted by atomic mass is 9.85. The van der Waals surface area contributed by atoms with Crippen LogP contribution < -0.4 is 5.73 Å². The average molecular weight is 380 g/mol. The molecular formula is C19H19F3N2O3. The van der Waals surface area contributed by atoms with Crippen molar-refractivity contribution >= 4 is 11.9 Å². The third-order valence-electron chi connectivity index (χ3n) is 3.72. The highest BCUT2D eigenvalue weighted by atomic mass is 19.2. The number of hydrogen-bond donors (Lipinski definition) is 2. The minimum Gasteiger partial charge on any atom is -0.504 e. The summed E-state index contributed by atoms with van der Waals surface area (Å²) in [6.07, 6.45) is -1.20. The quantitative estimate of drug-likeness (QED) is 0.476. The van der Waals surface area contributed by atoms with Gasteiger partial charge in [-0.25, -0.2) is 18.0 Å². The summed E-state index contributed by atoms with van der Waals surface area (Å²) in [5, 5.41) is 9.94. The van der Waals surface area contributed by atoms with Gasteiger partial charge in [0.25, 0.3) is 0 Å². The van der Waals surface area contributed by atoms with Gasteiger partial charge in [0, 0.05) is 5.56 Å². The lowest BCUT2D eigenvalue weighted by Gasteiger charge is -2.22. The lowest BCUT2D eigenvalue weighted by molar-refractivity contribution is 0.151. The molecule has 0 spiro atoms. The molecule has 3 N–H and O–H groups in total. The SMILES string of the molecule is CC(C)(C)c1c(F)c(O)c(C(N)=NC(=O)OCc2ccccc2)c(F)c1F. The number of nitrogens with zero attached hydrogens (tertiary/aromatic N) is 1. The normalized spacial score (nSPS) is 12.1. The Hall–Kier alpha value is -3.03. The largest absolute Gasteiger partial charge is 0.504 e. The molecule has 2 aromatic rings. The van der Waals surface area contributed by atoms with E-state index in [2.05, 4.69) is 4.99 Å².